The molecule has 0 fully saturated rings. The second-order valence-electron chi connectivity index (χ2n) is 6.39. The van der Waals surface area contributed by atoms with Crippen molar-refractivity contribution in [2.45, 2.75) is 10.4 Å². The molecule has 142 valence electrons. The van der Waals surface area contributed by atoms with E-state index in [9.17, 15) is 0 Å². The summed E-state index contributed by atoms with van der Waals surface area (Å²) in [6.07, 6.45) is 6.71. The maximum absolute atomic E-state index is 6.34. The number of benzene rings is 2. The van der Waals surface area contributed by atoms with Gasteiger partial charge in [-0.2, -0.15) is 0 Å². The lowest BCUT2D eigenvalue weighted by molar-refractivity contribution is 0.462. The molecule has 4 aromatic rings. The smallest absolute Gasteiger partial charge is 0.246 e. The largest absolute Gasteiger partial charge is 0.437 e. The zero-order valence-corrected chi connectivity index (χ0v) is 16.2. The maximum Gasteiger partial charge on any atom is 0.246 e. The summed E-state index contributed by atoms with van der Waals surface area (Å²) in [5.41, 5.74) is 9.81. The molecule has 5 rings (SSSR count). The average Bonchev–Trinajstić information content (AvgIpc) is 3.11. The summed E-state index contributed by atoms with van der Waals surface area (Å²) in [4.78, 5) is 16.2. The molecule has 0 bridgehead atoms. The Kier molecular flexibility index (Phi) is 4.59. The molecule has 0 spiro atoms. The maximum atomic E-state index is 6.34. The van der Waals surface area contributed by atoms with Crippen molar-refractivity contribution >= 4 is 23.1 Å². The van der Waals surface area contributed by atoms with Gasteiger partial charge in [0.2, 0.25) is 5.88 Å². The Bertz CT molecular complexity index is 1140. The third-order valence-electron chi connectivity index (χ3n) is 4.56. The van der Waals surface area contributed by atoms with Gasteiger partial charge in [0, 0.05) is 40.9 Å². The number of anilines is 2. The molecule has 1 unspecified atom stereocenters. The molecule has 2 aromatic carbocycles. The van der Waals surface area contributed by atoms with E-state index >= 15 is 0 Å². The fourth-order valence-electron chi connectivity index (χ4n) is 3.25. The third-order valence-corrected chi connectivity index (χ3v) is 5.61. The predicted molar refractivity (Wildman–Crippen MR) is 114 cm³/mol. The van der Waals surface area contributed by atoms with Gasteiger partial charge in [-0.25, -0.2) is 9.97 Å². The van der Waals surface area contributed by atoms with Crippen LogP contribution in [0.1, 0.15) is 0 Å². The van der Waals surface area contributed by atoms with E-state index < -0.39 is 0 Å². The van der Waals surface area contributed by atoms with Crippen molar-refractivity contribution in [2.24, 2.45) is 5.73 Å². The van der Waals surface area contributed by atoms with Gasteiger partial charge in [0.1, 0.15) is 16.9 Å². The number of para-hydroxylation sites is 1. The van der Waals surface area contributed by atoms with Crippen molar-refractivity contribution in [3.8, 4) is 22.9 Å². The van der Waals surface area contributed by atoms with Crippen molar-refractivity contribution in [3.05, 3.63) is 85.5 Å². The lowest BCUT2D eigenvalue weighted by Crippen LogP contribution is -2.31. The van der Waals surface area contributed by atoms with Gasteiger partial charge in [0.15, 0.2) is 0 Å². The Morgan fingerprint density at radius 3 is 2.55 bits per heavy atom. The van der Waals surface area contributed by atoms with Crippen LogP contribution in [0.2, 0.25) is 0 Å². The minimum Gasteiger partial charge on any atom is -0.437 e. The van der Waals surface area contributed by atoms with Crippen molar-refractivity contribution in [3.63, 3.8) is 0 Å². The molecular formula is C22H17N5OS. The van der Waals surface area contributed by atoms with E-state index in [0.29, 0.717) is 17.3 Å². The highest BCUT2D eigenvalue weighted by molar-refractivity contribution is 8.00. The Morgan fingerprint density at radius 2 is 1.72 bits per heavy atom. The molecule has 0 saturated heterocycles. The highest BCUT2D eigenvalue weighted by Crippen LogP contribution is 2.45. The van der Waals surface area contributed by atoms with E-state index in [0.717, 1.165) is 16.9 Å². The number of aromatic nitrogens is 3. The van der Waals surface area contributed by atoms with Crippen LogP contribution in [-0.2, 0) is 0 Å². The molecule has 1 aliphatic heterocycles. The van der Waals surface area contributed by atoms with Crippen LogP contribution in [0.4, 0.5) is 11.4 Å². The number of pyridine rings is 1. The van der Waals surface area contributed by atoms with Crippen molar-refractivity contribution in [1.82, 2.24) is 15.0 Å². The standard InChI is InChI=1S/C22H17N5OS/c23-22-27(18-5-1-2-6-19(18)29-22)16-7-9-17(10-8-16)28-21-20(25-12-13-26-21)15-4-3-11-24-14-15/h1-14,22H,23H2. The average molecular weight is 399 g/mol. The van der Waals surface area contributed by atoms with Crippen molar-refractivity contribution in [1.29, 1.82) is 0 Å². The first-order valence-corrected chi connectivity index (χ1v) is 9.97. The molecule has 7 heteroatoms. The van der Waals surface area contributed by atoms with E-state index in [4.69, 9.17) is 10.5 Å². The number of nitrogens with two attached hydrogens (primary N) is 1. The van der Waals surface area contributed by atoms with Crippen LogP contribution in [-0.4, -0.2) is 20.4 Å². The molecule has 3 heterocycles. The fraction of sp³-hybridized carbons (Fsp3) is 0.0455. The molecule has 0 saturated carbocycles. The van der Waals surface area contributed by atoms with Gasteiger partial charge in [0.05, 0.1) is 5.69 Å². The first kappa shape index (κ1) is 17.7. The molecule has 6 nitrogen and oxygen atoms in total. The van der Waals surface area contributed by atoms with Crippen LogP contribution in [0.15, 0.2) is 90.3 Å². The number of rotatable bonds is 4. The van der Waals surface area contributed by atoms with E-state index in [-0.39, 0.29) is 5.50 Å². The Morgan fingerprint density at radius 1 is 0.897 bits per heavy atom. The molecular weight excluding hydrogens is 382 g/mol. The monoisotopic (exact) mass is 399 g/mol. The van der Waals surface area contributed by atoms with Gasteiger partial charge in [-0.15, -0.1) is 0 Å². The number of nitrogens with zero attached hydrogens (tertiary/aromatic N) is 4. The van der Waals surface area contributed by atoms with Crippen LogP contribution >= 0.6 is 11.8 Å². The zero-order chi connectivity index (χ0) is 19.6. The fourth-order valence-corrected chi connectivity index (χ4v) is 4.29. The van der Waals surface area contributed by atoms with E-state index in [2.05, 4.69) is 32.0 Å². The molecule has 0 radical (unpaired) electrons. The Balaban J connectivity index is 1.42. The lowest BCUT2D eigenvalue weighted by Gasteiger charge is -2.23. The van der Waals surface area contributed by atoms with Crippen LogP contribution in [0, 0.1) is 0 Å². The van der Waals surface area contributed by atoms with Crippen LogP contribution < -0.4 is 15.4 Å². The van der Waals surface area contributed by atoms with Crippen LogP contribution in [0.3, 0.4) is 0 Å². The Hall–Kier alpha value is -3.42. The minimum absolute atomic E-state index is 0.156. The molecule has 1 atom stereocenters. The molecule has 29 heavy (non-hydrogen) atoms. The topological polar surface area (TPSA) is 77.2 Å². The van der Waals surface area contributed by atoms with Gasteiger partial charge in [-0.05, 0) is 48.5 Å². The van der Waals surface area contributed by atoms with Gasteiger partial charge in [-0.3, -0.25) is 4.98 Å². The lowest BCUT2D eigenvalue weighted by atomic mass is 10.2. The van der Waals surface area contributed by atoms with Gasteiger partial charge >= 0.3 is 0 Å². The normalized spacial score (nSPS) is 15.2. The van der Waals surface area contributed by atoms with E-state index in [1.807, 2.05) is 48.5 Å². The SMILES string of the molecule is NC1Sc2ccccc2N1c1ccc(Oc2nccnc2-c2cccnc2)cc1. The van der Waals surface area contributed by atoms with E-state index in [1.54, 1.807) is 36.5 Å². The Labute approximate surface area is 172 Å². The highest BCUT2D eigenvalue weighted by atomic mass is 32.2. The predicted octanol–water partition coefficient (Wildman–Crippen LogP) is 4.82. The van der Waals surface area contributed by atoms with Crippen molar-refractivity contribution < 1.29 is 4.74 Å². The number of fused-ring (bicyclic) bond motifs is 1. The molecule has 0 amide bonds. The summed E-state index contributed by atoms with van der Waals surface area (Å²) in [5.74, 6) is 1.11. The summed E-state index contributed by atoms with van der Waals surface area (Å²) in [6, 6.07) is 19.8. The number of thioether (sulfide) groups is 1. The second-order valence-corrected chi connectivity index (χ2v) is 7.55. The van der Waals surface area contributed by atoms with E-state index in [1.165, 1.54) is 4.90 Å². The van der Waals surface area contributed by atoms with Gasteiger partial charge < -0.3 is 15.4 Å². The number of hydrogen-bond donors (Lipinski definition) is 1. The first-order chi connectivity index (χ1) is 14.3. The quantitative estimate of drug-likeness (QED) is 0.527. The first-order valence-electron chi connectivity index (χ1n) is 9.09. The van der Waals surface area contributed by atoms with Crippen molar-refractivity contribution in [2.75, 3.05) is 4.90 Å². The summed E-state index contributed by atoms with van der Waals surface area (Å²) in [7, 11) is 0. The number of ether oxygens (including phenoxy) is 1. The third kappa shape index (κ3) is 3.41. The van der Waals surface area contributed by atoms with Gasteiger partial charge in [-0.1, -0.05) is 23.9 Å². The highest BCUT2D eigenvalue weighted by Gasteiger charge is 2.28. The van der Waals surface area contributed by atoms with Crippen LogP contribution in [0.5, 0.6) is 11.6 Å². The summed E-state index contributed by atoms with van der Waals surface area (Å²) in [5, 5.41) is 0. The molecule has 2 N–H and O–H groups in total. The molecule has 0 aliphatic carbocycles. The molecule has 2 aromatic heterocycles. The zero-order valence-electron chi connectivity index (χ0n) is 15.3. The molecule has 1 aliphatic rings. The summed E-state index contributed by atoms with van der Waals surface area (Å²) >= 11 is 1.65. The minimum atomic E-state index is -0.156. The van der Waals surface area contributed by atoms with Gasteiger partial charge in [0.25, 0.3) is 0 Å². The summed E-state index contributed by atoms with van der Waals surface area (Å²) in [6.45, 7) is 0. The summed E-state index contributed by atoms with van der Waals surface area (Å²) < 4.78 is 6.02. The second kappa shape index (κ2) is 7.54. The van der Waals surface area contributed by atoms with Crippen LogP contribution in [0.25, 0.3) is 11.3 Å². The number of hydrogen-bond acceptors (Lipinski definition) is 7.